The number of anilines is 2. The molecule has 9 heteroatoms. The molecular weight excluding hydrogens is 386 g/mol. The van der Waals surface area contributed by atoms with E-state index in [1.807, 2.05) is 6.07 Å². The fourth-order valence-electron chi connectivity index (χ4n) is 2.27. The Morgan fingerprint density at radius 3 is 2.59 bits per heavy atom. The Hall–Kier alpha value is -2.91. The lowest BCUT2D eigenvalue weighted by atomic mass is 10.2. The van der Waals surface area contributed by atoms with Crippen molar-refractivity contribution in [1.29, 1.82) is 0 Å². The first kappa shape index (κ1) is 18.9. The molecule has 0 aliphatic rings. The van der Waals surface area contributed by atoms with Gasteiger partial charge in [-0.25, -0.2) is 8.42 Å². The molecule has 0 saturated heterocycles. The first-order valence-electron chi connectivity index (χ1n) is 7.95. The van der Waals surface area contributed by atoms with Crippen LogP contribution in [0.3, 0.4) is 0 Å². The zero-order chi connectivity index (χ0) is 19.4. The number of sulfonamides is 1. The largest absolute Gasteiger partial charge is 0.354 e. The molecule has 0 fully saturated rings. The van der Waals surface area contributed by atoms with E-state index in [1.165, 1.54) is 13.0 Å². The van der Waals surface area contributed by atoms with Crippen LogP contribution in [0.1, 0.15) is 23.3 Å². The number of carbonyl (C=O) groups is 1. The van der Waals surface area contributed by atoms with E-state index in [4.69, 9.17) is 4.52 Å². The van der Waals surface area contributed by atoms with Crippen LogP contribution in [-0.2, 0) is 14.8 Å². The van der Waals surface area contributed by atoms with Gasteiger partial charge in [0.1, 0.15) is 15.6 Å². The highest BCUT2D eigenvalue weighted by Crippen LogP contribution is 2.27. The van der Waals surface area contributed by atoms with Gasteiger partial charge < -0.3 is 9.84 Å². The number of nitrogens with zero attached hydrogens (tertiary/aromatic N) is 1. The molecule has 1 amide bonds. The van der Waals surface area contributed by atoms with Gasteiger partial charge in [-0.1, -0.05) is 23.4 Å². The minimum Gasteiger partial charge on any atom is -0.354 e. The predicted molar refractivity (Wildman–Crippen MR) is 106 cm³/mol. The van der Waals surface area contributed by atoms with Gasteiger partial charge in [-0.05, 0) is 43.3 Å². The Balaban J connectivity index is 1.78. The lowest BCUT2D eigenvalue weighted by molar-refractivity contribution is -0.114. The summed E-state index contributed by atoms with van der Waals surface area (Å²) in [6.07, 6.45) is 3.34. The van der Waals surface area contributed by atoms with Crippen LogP contribution in [0.15, 0.2) is 51.2 Å². The van der Waals surface area contributed by atoms with E-state index < -0.39 is 10.0 Å². The second-order valence-electron chi connectivity index (χ2n) is 5.65. The Labute approximate surface area is 160 Å². The van der Waals surface area contributed by atoms with E-state index in [9.17, 15) is 13.2 Å². The summed E-state index contributed by atoms with van der Waals surface area (Å²) in [4.78, 5) is 12.0. The first-order chi connectivity index (χ1) is 12.8. The Morgan fingerprint density at radius 1 is 1.15 bits per heavy atom. The van der Waals surface area contributed by atoms with Crippen molar-refractivity contribution in [2.75, 3.05) is 10.0 Å². The number of benzene rings is 1. The third kappa shape index (κ3) is 4.63. The summed E-state index contributed by atoms with van der Waals surface area (Å²) in [5, 5.41) is 6.50. The number of rotatable bonds is 6. The lowest BCUT2D eigenvalue weighted by Crippen LogP contribution is -2.11. The molecule has 1 aromatic carbocycles. The van der Waals surface area contributed by atoms with Gasteiger partial charge in [0.2, 0.25) is 5.91 Å². The van der Waals surface area contributed by atoms with E-state index in [0.717, 1.165) is 11.3 Å². The Bertz CT molecular complexity index is 1080. The molecule has 2 aromatic heterocycles. The van der Waals surface area contributed by atoms with Crippen molar-refractivity contribution in [2.24, 2.45) is 0 Å². The van der Waals surface area contributed by atoms with Crippen LogP contribution in [0, 0.1) is 6.92 Å². The number of para-hydroxylation sites is 1. The fraction of sp³-hybridized carbons (Fsp3) is 0.111. The molecule has 0 aliphatic heterocycles. The van der Waals surface area contributed by atoms with Crippen molar-refractivity contribution >= 4 is 50.8 Å². The van der Waals surface area contributed by atoms with Crippen molar-refractivity contribution in [3.05, 3.63) is 58.8 Å². The van der Waals surface area contributed by atoms with Crippen LogP contribution >= 0.6 is 11.3 Å². The van der Waals surface area contributed by atoms with E-state index in [1.54, 1.807) is 49.4 Å². The van der Waals surface area contributed by atoms with Crippen LogP contribution in [0.25, 0.3) is 12.2 Å². The summed E-state index contributed by atoms with van der Waals surface area (Å²) in [6, 6.07) is 11.9. The summed E-state index contributed by atoms with van der Waals surface area (Å²) in [7, 11) is -3.65. The zero-order valence-corrected chi connectivity index (χ0v) is 16.2. The molecule has 3 aromatic rings. The molecule has 2 N–H and O–H groups in total. The predicted octanol–water partition coefficient (Wildman–Crippen LogP) is 3.97. The normalized spacial score (nSPS) is 11.6. The topological polar surface area (TPSA) is 101 Å². The van der Waals surface area contributed by atoms with Gasteiger partial charge in [0.05, 0.1) is 0 Å². The highest BCUT2D eigenvalue weighted by atomic mass is 32.2. The average molecular weight is 403 g/mol. The van der Waals surface area contributed by atoms with E-state index >= 15 is 0 Å². The highest BCUT2D eigenvalue weighted by Gasteiger charge is 2.17. The molecular formula is C18H17N3O4S2. The van der Waals surface area contributed by atoms with Crippen LogP contribution in [-0.4, -0.2) is 19.5 Å². The van der Waals surface area contributed by atoms with Crippen molar-refractivity contribution in [3.63, 3.8) is 0 Å². The molecule has 0 saturated carbocycles. The van der Waals surface area contributed by atoms with Crippen LogP contribution in [0.2, 0.25) is 0 Å². The Kier molecular flexibility index (Phi) is 5.43. The number of aromatic nitrogens is 1. The summed E-state index contributed by atoms with van der Waals surface area (Å²) >= 11 is 1.12. The molecule has 0 aliphatic carbocycles. The number of amides is 1. The number of carbonyl (C=O) groups excluding carboxylic acids is 1. The summed E-state index contributed by atoms with van der Waals surface area (Å²) in [5.41, 5.74) is 1.56. The molecule has 7 nitrogen and oxygen atoms in total. The van der Waals surface area contributed by atoms with E-state index in [0.29, 0.717) is 27.7 Å². The van der Waals surface area contributed by atoms with Gasteiger partial charge in [-0.3, -0.25) is 9.52 Å². The maximum Gasteiger partial charge on any atom is 0.271 e. The third-order valence-electron chi connectivity index (χ3n) is 3.48. The minimum atomic E-state index is -3.65. The van der Waals surface area contributed by atoms with Crippen LogP contribution in [0.5, 0.6) is 0 Å². The van der Waals surface area contributed by atoms with E-state index in [2.05, 4.69) is 15.2 Å². The molecule has 0 radical (unpaired) electrons. The fourth-order valence-corrected chi connectivity index (χ4v) is 4.55. The van der Waals surface area contributed by atoms with Gasteiger partial charge in [-0.2, -0.15) is 0 Å². The monoisotopic (exact) mass is 403 g/mol. The first-order valence-corrected chi connectivity index (χ1v) is 10.2. The summed E-state index contributed by atoms with van der Waals surface area (Å²) in [5.74, 6) is 0.162. The van der Waals surface area contributed by atoms with Gasteiger partial charge in [0, 0.05) is 17.5 Å². The van der Waals surface area contributed by atoms with Gasteiger partial charge in [-0.15, -0.1) is 11.3 Å². The molecule has 140 valence electrons. The summed E-state index contributed by atoms with van der Waals surface area (Å²) < 4.78 is 32.9. The van der Waals surface area contributed by atoms with Crippen LogP contribution in [0.4, 0.5) is 11.4 Å². The highest BCUT2D eigenvalue weighted by molar-refractivity contribution is 7.94. The minimum absolute atomic E-state index is 0.196. The molecule has 2 heterocycles. The quantitative estimate of drug-likeness (QED) is 0.648. The number of nitrogens with one attached hydrogen (secondary N) is 2. The second kappa shape index (κ2) is 7.77. The molecule has 0 atom stereocenters. The van der Waals surface area contributed by atoms with Crippen LogP contribution < -0.4 is 10.0 Å². The third-order valence-corrected chi connectivity index (χ3v) is 6.41. The SMILES string of the molecule is CC(=O)Nc1c(C)noc1C=Cc1ccc(S(=O)(=O)Nc2ccccc2)s1. The molecule has 0 bridgehead atoms. The molecule has 0 unspecified atom stereocenters. The maximum absolute atomic E-state index is 12.5. The van der Waals surface area contributed by atoms with Gasteiger partial charge in [0.25, 0.3) is 10.0 Å². The Morgan fingerprint density at radius 2 is 1.89 bits per heavy atom. The smallest absolute Gasteiger partial charge is 0.271 e. The van der Waals surface area contributed by atoms with Crippen molar-refractivity contribution in [3.8, 4) is 0 Å². The van der Waals surface area contributed by atoms with Crippen molar-refractivity contribution < 1.29 is 17.7 Å². The molecule has 3 rings (SSSR count). The van der Waals surface area contributed by atoms with Crippen molar-refractivity contribution in [1.82, 2.24) is 5.16 Å². The summed E-state index contributed by atoms with van der Waals surface area (Å²) in [6.45, 7) is 3.12. The molecule has 27 heavy (non-hydrogen) atoms. The standard InChI is InChI=1S/C18H17N3O4S2/c1-12-18(19-13(2)22)16(25-20-12)10-8-15-9-11-17(26-15)27(23,24)21-14-6-4-3-5-7-14/h3-11,21H,1-2H3,(H,19,22). The van der Waals surface area contributed by atoms with Gasteiger partial charge in [0.15, 0.2) is 5.76 Å². The van der Waals surface area contributed by atoms with Gasteiger partial charge >= 0.3 is 0 Å². The number of aryl methyl sites for hydroxylation is 1. The average Bonchev–Trinajstić information content (AvgIpc) is 3.22. The molecule has 0 spiro atoms. The number of hydrogen-bond acceptors (Lipinski definition) is 6. The number of hydrogen-bond donors (Lipinski definition) is 2. The maximum atomic E-state index is 12.5. The number of thiophene rings is 1. The van der Waals surface area contributed by atoms with Crippen molar-refractivity contribution in [2.45, 2.75) is 18.1 Å². The second-order valence-corrected chi connectivity index (χ2v) is 8.67. The van der Waals surface area contributed by atoms with E-state index in [-0.39, 0.29) is 10.1 Å². The lowest BCUT2D eigenvalue weighted by Gasteiger charge is -2.05. The zero-order valence-electron chi connectivity index (χ0n) is 14.6.